The fourth-order valence-corrected chi connectivity index (χ4v) is 5.30. The third-order valence-corrected chi connectivity index (χ3v) is 6.90. The largest absolute Gasteiger partial charge is 0.346 e. The van der Waals surface area contributed by atoms with Gasteiger partial charge in [0.2, 0.25) is 5.13 Å². The van der Waals surface area contributed by atoms with Crippen LogP contribution in [0.5, 0.6) is 0 Å². The molecule has 0 N–H and O–H groups in total. The van der Waals surface area contributed by atoms with E-state index in [0.717, 1.165) is 66.2 Å². The van der Waals surface area contributed by atoms with Crippen LogP contribution in [0, 0.1) is 5.82 Å². The van der Waals surface area contributed by atoms with Gasteiger partial charge in [0.05, 0.1) is 0 Å². The maximum atomic E-state index is 13.1. The first-order chi connectivity index (χ1) is 14.3. The summed E-state index contributed by atoms with van der Waals surface area (Å²) in [6.07, 6.45) is 7.73. The van der Waals surface area contributed by atoms with Crippen LogP contribution in [0.4, 0.5) is 9.52 Å². The highest BCUT2D eigenvalue weighted by Gasteiger charge is 2.28. The maximum Gasteiger partial charge on any atom is 0.208 e. The van der Waals surface area contributed by atoms with Gasteiger partial charge in [-0.1, -0.05) is 29.9 Å². The quantitative estimate of drug-likeness (QED) is 0.649. The summed E-state index contributed by atoms with van der Waals surface area (Å²) >= 11 is 1.64. The van der Waals surface area contributed by atoms with Crippen molar-refractivity contribution < 1.29 is 4.39 Å². The predicted octanol–water partition coefficient (Wildman–Crippen LogP) is 3.97. The Hall–Kier alpha value is -2.35. The zero-order chi connectivity index (χ0) is 19.6. The molecule has 3 aromatic rings. The number of aryl methyl sites for hydroxylation is 1. The zero-order valence-electron chi connectivity index (χ0n) is 16.4. The van der Waals surface area contributed by atoms with E-state index in [1.54, 1.807) is 11.3 Å². The molecular formula is C21H25FN6S. The molecule has 1 atom stereocenters. The molecule has 0 amide bonds. The van der Waals surface area contributed by atoms with Crippen molar-refractivity contribution >= 4 is 16.5 Å². The van der Waals surface area contributed by atoms with Crippen LogP contribution >= 0.6 is 11.3 Å². The summed E-state index contributed by atoms with van der Waals surface area (Å²) in [4.78, 5) is 2.35. The Morgan fingerprint density at radius 1 is 0.966 bits per heavy atom. The summed E-state index contributed by atoms with van der Waals surface area (Å²) < 4.78 is 15.5. The molecule has 5 rings (SSSR count). The molecule has 2 aliphatic rings. The average molecular weight is 413 g/mol. The van der Waals surface area contributed by atoms with Gasteiger partial charge in [0.15, 0.2) is 0 Å². The summed E-state index contributed by atoms with van der Waals surface area (Å²) in [7, 11) is 0. The number of anilines is 1. The lowest BCUT2D eigenvalue weighted by Gasteiger charge is -2.31. The molecule has 8 heteroatoms. The van der Waals surface area contributed by atoms with Gasteiger partial charge >= 0.3 is 0 Å². The van der Waals surface area contributed by atoms with Gasteiger partial charge in [0.1, 0.15) is 22.5 Å². The summed E-state index contributed by atoms with van der Waals surface area (Å²) in [5.41, 5.74) is 1.05. The van der Waals surface area contributed by atoms with E-state index in [4.69, 9.17) is 0 Å². The first-order valence-electron chi connectivity index (χ1n) is 10.5. The Morgan fingerprint density at radius 2 is 1.86 bits per heavy atom. The Balaban J connectivity index is 1.30. The molecular weight excluding hydrogens is 387 g/mol. The SMILES string of the molecule is Fc1ccc(Cc2nnc(N3CCC[C@@H](c4nnc5n4CCCCC5)C3)s2)cc1. The fraction of sp³-hybridized carbons (Fsp3) is 0.524. The molecule has 2 aliphatic heterocycles. The van der Waals surface area contributed by atoms with Crippen LogP contribution in [-0.4, -0.2) is 38.1 Å². The monoisotopic (exact) mass is 412 g/mol. The van der Waals surface area contributed by atoms with Crippen molar-refractivity contribution in [1.82, 2.24) is 25.0 Å². The van der Waals surface area contributed by atoms with Gasteiger partial charge in [-0.2, -0.15) is 0 Å². The first kappa shape index (κ1) is 18.7. The van der Waals surface area contributed by atoms with Crippen molar-refractivity contribution in [1.29, 1.82) is 0 Å². The number of fused-ring (bicyclic) bond motifs is 1. The highest BCUT2D eigenvalue weighted by Crippen LogP contribution is 2.32. The lowest BCUT2D eigenvalue weighted by molar-refractivity contribution is 0.465. The summed E-state index contributed by atoms with van der Waals surface area (Å²) in [6.45, 7) is 2.97. The van der Waals surface area contributed by atoms with E-state index < -0.39 is 0 Å². The van der Waals surface area contributed by atoms with Crippen LogP contribution < -0.4 is 4.90 Å². The fourth-order valence-electron chi connectivity index (χ4n) is 4.39. The second-order valence-corrected chi connectivity index (χ2v) is 9.04. The van der Waals surface area contributed by atoms with Gasteiger partial charge in [0.25, 0.3) is 0 Å². The van der Waals surface area contributed by atoms with Crippen molar-refractivity contribution in [3.8, 4) is 0 Å². The highest BCUT2D eigenvalue weighted by molar-refractivity contribution is 7.15. The Labute approximate surface area is 173 Å². The molecule has 0 saturated carbocycles. The van der Waals surface area contributed by atoms with E-state index in [1.165, 1.54) is 31.4 Å². The Morgan fingerprint density at radius 3 is 2.76 bits per heavy atom. The topological polar surface area (TPSA) is 59.7 Å². The number of piperidine rings is 1. The van der Waals surface area contributed by atoms with Crippen LogP contribution in [0.3, 0.4) is 0 Å². The minimum Gasteiger partial charge on any atom is -0.346 e. The van der Waals surface area contributed by atoms with Crippen LogP contribution in [-0.2, 0) is 19.4 Å². The van der Waals surface area contributed by atoms with Gasteiger partial charge in [-0.15, -0.1) is 20.4 Å². The molecule has 0 spiro atoms. The average Bonchev–Trinajstić information content (AvgIpc) is 3.31. The number of hydrogen-bond donors (Lipinski definition) is 0. The molecule has 1 aromatic carbocycles. The Kier molecular flexibility index (Phi) is 5.26. The number of rotatable bonds is 4. The number of nitrogens with zero attached hydrogens (tertiary/aromatic N) is 6. The molecule has 29 heavy (non-hydrogen) atoms. The van der Waals surface area contributed by atoms with Crippen LogP contribution in [0.25, 0.3) is 0 Å². The first-order valence-corrected chi connectivity index (χ1v) is 11.3. The van der Waals surface area contributed by atoms with Gasteiger partial charge in [-0.3, -0.25) is 0 Å². The van der Waals surface area contributed by atoms with E-state index in [0.29, 0.717) is 12.3 Å². The summed E-state index contributed by atoms with van der Waals surface area (Å²) in [6, 6.07) is 6.61. The van der Waals surface area contributed by atoms with E-state index in [9.17, 15) is 4.39 Å². The predicted molar refractivity (Wildman–Crippen MR) is 111 cm³/mol. The standard InChI is InChI=1S/C21H25FN6S/c22-17-9-7-15(8-10-17)13-19-24-26-21(29-19)27-11-4-5-16(14-27)20-25-23-18-6-2-1-3-12-28(18)20/h7-10,16H,1-6,11-14H2/t16-/m1/s1. The van der Waals surface area contributed by atoms with Crippen molar-refractivity contribution in [2.45, 2.75) is 57.4 Å². The Bertz CT molecular complexity index is 966. The molecule has 0 bridgehead atoms. The second kappa shape index (κ2) is 8.18. The minimum atomic E-state index is -0.211. The molecule has 1 fully saturated rings. The van der Waals surface area contributed by atoms with E-state index in [-0.39, 0.29) is 5.82 Å². The number of hydrogen-bond acceptors (Lipinski definition) is 6. The third kappa shape index (κ3) is 4.03. The van der Waals surface area contributed by atoms with Gasteiger partial charge in [0, 0.05) is 38.4 Å². The lowest BCUT2D eigenvalue weighted by atomic mass is 9.97. The number of halogens is 1. The molecule has 6 nitrogen and oxygen atoms in total. The molecule has 0 aliphatic carbocycles. The second-order valence-electron chi connectivity index (χ2n) is 8.00. The van der Waals surface area contributed by atoms with Crippen LogP contribution in [0.1, 0.15) is 60.2 Å². The molecule has 0 unspecified atom stereocenters. The van der Waals surface area contributed by atoms with Crippen molar-refractivity contribution in [3.05, 3.63) is 52.3 Å². The molecule has 152 valence electrons. The number of benzene rings is 1. The van der Waals surface area contributed by atoms with E-state index in [2.05, 4.69) is 29.9 Å². The van der Waals surface area contributed by atoms with Gasteiger partial charge in [-0.25, -0.2) is 4.39 Å². The molecule has 4 heterocycles. The van der Waals surface area contributed by atoms with Crippen molar-refractivity contribution in [3.63, 3.8) is 0 Å². The summed E-state index contributed by atoms with van der Waals surface area (Å²) in [5, 5.41) is 19.8. The van der Waals surface area contributed by atoms with E-state index >= 15 is 0 Å². The number of aromatic nitrogens is 5. The zero-order valence-corrected chi connectivity index (χ0v) is 17.2. The van der Waals surface area contributed by atoms with Crippen molar-refractivity contribution in [2.75, 3.05) is 18.0 Å². The highest BCUT2D eigenvalue weighted by atomic mass is 32.1. The third-order valence-electron chi connectivity index (χ3n) is 5.92. The normalized spacial score (nSPS) is 19.8. The molecule has 0 radical (unpaired) electrons. The summed E-state index contributed by atoms with van der Waals surface area (Å²) in [5.74, 6) is 2.50. The maximum absolute atomic E-state index is 13.1. The van der Waals surface area contributed by atoms with Gasteiger partial charge in [-0.05, 0) is 43.4 Å². The van der Waals surface area contributed by atoms with Gasteiger partial charge < -0.3 is 9.47 Å². The van der Waals surface area contributed by atoms with Crippen molar-refractivity contribution in [2.24, 2.45) is 0 Å². The lowest BCUT2D eigenvalue weighted by Crippen LogP contribution is -2.35. The van der Waals surface area contributed by atoms with Crippen LogP contribution in [0.2, 0.25) is 0 Å². The molecule has 1 saturated heterocycles. The van der Waals surface area contributed by atoms with Crippen LogP contribution in [0.15, 0.2) is 24.3 Å². The smallest absolute Gasteiger partial charge is 0.208 e. The minimum absolute atomic E-state index is 0.211. The van der Waals surface area contributed by atoms with E-state index in [1.807, 2.05) is 12.1 Å². The molecule has 2 aromatic heterocycles.